The van der Waals surface area contributed by atoms with E-state index < -0.39 is 11.7 Å². The summed E-state index contributed by atoms with van der Waals surface area (Å²) < 4.78 is 13.3. The molecule has 0 aliphatic heterocycles. The Morgan fingerprint density at radius 2 is 2.10 bits per heavy atom. The predicted octanol–water partition coefficient (Wildman–Crippen LogP) is 3.50. The molecule has 3 nitrogen and oxygen atoms in total. The lowest BCUT2D eigenvalue weighted by atomic mass is 10.1. The molecule has 2 aromatic carbocycles. The number of nitrogens with two attached hydrogens (primary N) is 1. The van der Waals surface area contributed by atoms with Gasteiger partial charge in [0.25, 0.3) is 0 Å². The van der Waals surface area contributed by atoms with Crippen molar-refractivity contribution in [3.8, 4) is 0 Å². The molecule has 0 saturated heterocycles. The van der Waals surface area contributed by atoms with Gasteiger partial charge in [-0.25, -0.2) is 4.39 Å². The molecule has 0 heterocycles. The highest BCUT2D eigenvalue weighted by Gasteiger charge is 2.08. The molecular formula is C15H14ClFN2O. The molecule has 20 heavy (non-hydrogen) atoms. The fourth-order valence-corrected chi connectivity index (χ4v) is 2.06. The van der Waals surface area contributed by atoms with E-state index in [-0.39, 0.29) is 5.02 Å². The number of carbonyl (C=O) groups excluding carboxylic acids is 1. The zero-order valence-corrected chi connectivity index (χ0v) is 11.7. The summed E-state index contributed by atoms with van der Waals surface area (Å²) in [6.07, 6.45) is 0. The van der Waals surface area contributed by atoms with Crippen LogP contribution in [-0.2, 0) is 6.54 Å². The summed E-state index contributed by atoms with van der Waals surface area (Å²) in [5.41, 5.74) is 8.09. The first-order valence-corrected chi connectivity index (χ1v) is 6.44. The van der Waals surface area contributed by atoms with Gasteiger partial charge in [-0.3, -0.25) is 4.79 Å². The van der Waals surface area contributed by atoms with Gasteiger partial charge in [0.15, 0.2) is 0 Å². The van der Waals surface area contributed by atoms with Gasteiger partial charge in [-0.05, 0) is 42.3 Å². The van der Waals surface area contributed by atoms with Crippen molar-refractivity contribution in [3.63, 3.8) is 0 Å². The second-order valence-corrected chi connectivity index (χ2v) is 4.85. The van der Waals surface area contributed by atoms with Crippen molar-refractivity contribution >= 4 is 23.2 Å². The highest BCUT2D eigenvalue weighted by atomic mass is 35.5. The van der Waals surface area contributed by atoms with E-state index in [0.29, 0.717) is 12.1 Å². The number of hydrogen-bond donors (Lipinski definition) is 2. The van der Waals surface area contributed by atoms with Gasteiger partial charge in [0.2, 0.25) is 5.91 Å². The maximum Gasteiger partial charge on any atom is 0.249 e. The number of primary amides is 1. The Morgan fingerprint density at radius 3 is 2.75 bits per heavy atom. The van der Waals surface area contributed by atoms with Gasteiger partial charge in [-0.15, -0.1) is 0 Å². The van der Waals surface area contributed by atoms with Crippen LogP contribution in [0.25, 0.3) is 0 Å². The lowest BCUT2D eigenvalue weighted by molar-refractivity contribution is 0.1000. The maximum atomic E-state index is 13.3. The van der Waals surface area contributed by atoms with Crippen LogP contribution in [-0.4, -0.2) is 5.91 Å². The molecule has 0 fully saturated rings. The molecule has 0 unspecified atom stereocenters. The van der Waals surface area contributed by atoms with Gasteiger partial charge in [0, 0.05) is 17.8 Å². The quantitative estimate of drug-likeness (QED) is 0.906. The van der Waals surface area contributed by atoms with E-state index in [1.54, 1.807) is 18.2 Å². The number of benzene rings is 2. The van der Waals surface area contributed by atoms with E-state index in [1.807, 2.05) is 13.0 Å². The van der Waals surface area contributed by atoms with Crippen LogP contribution in [0, 0.1) is 12.7 Å². The Bertz CT molecular complexity index is 658. The van der Waals surface area contributed by atoms with Crippen LogP contribution in [0.1, 0.15) is 21.5 Å². The van der Waals surface area contributed by atoms with Gasteiger partial charge in [-0.2, -0.15) is 0 Å². The van der Waals surface area contributed by atoms with Crippen molar-refractivity contribution in [2.45, 2.75) is 13.5 Å². The summed E-state index contributed by atoms with van der Waals surface area (Å²) in [7, 11) is 0. The summed E-state index contributed by atoms with van der Waals surface area (Å²) in [5.74, 6) is -0.919. The van der Waals surface area contributed by atoms with Crippen molar-refractivity contribution in [2.24, 2.45) is 5.73 Å². The molecule has 5 heteroatoms. The standard InChI is InChI=1S/C15H14ClFN2O/c1-9-11(15(18)20)3-2-4-14(9)19-8-10-5-6-12(16)13(17)7-10/h2-7,19H,8H2,1H3,(H2,18,20). The van der Waals surface area contributed by atoms with Crippen molar-refractivity contribution in [2.75, 3.05) is 5.32 Å². The topological polar surface area (TPSA) is 55.1 Å². The number of hydrogen-bond acceptors (Lipinski definition) is 2. The van der Waals surface area contributed by atoms with E-state index in [1.165, 1.54) is 12.1 Å². The molecule has 0 bridgehead atoms. The third-order valence-electron chi connectivity index (χ3n) is 3.07. The smallest absolute Gasteiger partial charge is 0.249 e. The minimum Gasteiger partial charge on any atom is -0.381 e. The molecule has 0 radical (unpaired) electrons. The van der Waals surface area contributed by atoms with E-state index in [2.05, 4.69) is 5.32 Å². The first-order chi connectivity index (χ1) is 9.49. The molecule has 3 N–H and O–H groups in total. The number of nitrogens with one attached hydrogen (secondary N) is 1. The molecule has 0 aromatic heterocycles. The number of amides is 1. The van der Waals surface area contributed by atoms with Gasteiger partial charge >= 0.3 is 0 Å². The van der Waals surface area contributed by atoms with E-state index in [4.69, 9.17) is 17.3 Å². The van der Waals surface area contributed by atoms with Crippen LogP contribution in [0.2, 0.25) is 5.02 Å². The predicted molar refractivity (Wildman–Crippen MR) is 78.4 cm³/mol. The van der Waals surface area contributed by atoms with Crippen molar-refractivity contribution < 1.29 is 9.18 Å². The Hall–Kier alpha value is -2.07. The SMILES string of the molecule is Cc1c(NCc2ccc(Cl)c(F)c2)cccc1C(N)=O. The normalized spacial score (nSPS) is 10.3. The van der Waals surface area contributed by atoms with Crippen LogP contribution in [0.5, 0.6) is 0 Å². The fraction of sp³-hybridized carbons (Fsp3) is 0.133. The zero-order chi connectivity index (χ0) is 14.7. The molecule has 0 spiro atoms. The molecule has 0 aliphatic carbocycles. The summed E-state index contributed by atoms with van der Waals surface area (Å²) >= 11 is 5.63. The number of carbonyl (C=O) groups is 1. The number of halogens is 2. The molecule has 2 aromatic rings. The summed E-state index contributed by atoms with van der Waals surface area (Å²) in [6, 6.07) is 9.89. The largest absolute Gasteiger partial charge is 0.381 e. The Kier molecular flexibility index (Phi) is 4.25. The third kappa shape index (κ3) is 3.08. The van der Waals surface area contributed by atoms with Crippen LogP contribution in [0.15, 0.2) is 36.4 Å². The van der Waals surface area contributed by atoms with Crippen LogP contribution >= 0.6 is 11.6 Å². The lowest BCUT2D eigenvalue weighted by Crippen LogP contribution is -2.13. The number of anilines is 1. The first-order valence-electron chi connectivity index (χ1n) is 6.06. The van der Waals surface area contributed by atoms with Gasteiger partial charge < -0.3 is 11.1 Å². The van der Waals surface area contributed by atoms with Crippen LogP contribution < -0.4 is 11.1 Å². The summed E-state index contributed by atoms with van der Waals surface area (Å²) in [4.78, 5) is 11.3. The second kappa shape index (κ2) is 5.92. The average molecular weight is 293 g/mol. The first kappa shape index (κ1) is 14.3. The molecule has 0 atom stereocenters. The van der Waals surface area contributed by atoms with Gasteiger partial charge in [0.1, 0.15) is 5.82 Å². The minimum absolute atomic E-state index is 0.0978. The highest BCUT2D eigenvalue weighted by Crippen LogP contribution is 2.20. The summed E-state index contributed by atoms with van der Waals surface area (Å²) in [6.45, 7) is 2.24. The maximum absolute atomic E-state index is 13.3. The van der Waals surface area contributed by atoms with E-state index >= 15 is 0 Å². The molecular weight excluding hydrogens is 279 g/mol. The van der Waals surface area contributed by atoms with E-state index in [9.17, 15) is 9.18 Å². The zero-order valence-electron chi connectivity index (χ0n) is 10.9. The van der Waals surface area contributed by atoms with E-state index in [0.717, 1.165) is 16.8 Å². The molecule has 104 valence electrons. The minimum atomic E-state index is -0.469. The molecule has 0 saturated carbocycles. The summed E-state index contributed by atoms with van der Waals surface area (Å²) in [5, 5.41) is 3.25. The number of rotatable bonds is 4. The van der Waals surface area contributed by atoms with Crippen molar-refractivity contribution in [1.29, 1.82) is 0 Å². The van der Waals surface area contributed by atoms with Crippen molar-refractivity contribution in [1.82, 2.24) is 0 Å². The van der Waals surface area contributed by atoms with Crippen molar-refractivity contribution in [3.05, 3.63) is 63.9 Å². The Labute approximate surface area is 121 Å². The molecule has 1 amide bonds. The fourth-order valence-electron chi connectivity index (χ4n) is 1.94. The van der Waals surface area contributed by atoms with Crippen LogP contribution in [0.4, 0.5) is 10.1 Å². The monoisotopic (exact) mass is 292 g/mol. The van der Waals surface area contributed by atoms with Gasteiger partial charge in [-0.1, -0.05) is 23.7 Å². The second-order valence-electron chi connectivity index (χ2n) is 4.44. The average Bonchev–Trinajstić information content (AvgIpc) is 2.41. The van der Waals surface area contributed by atoms with Gasteiger partial charge in [0.05, 0.1) is 5.02 Å². The third-order valence-corrected chi connectivity index (χ3v) is 3.37. The Morgan fingerprint density at radius 1 is 1.35 bits per heavy atom. The Balaban J connectivity index is 2.17. The molecule has 0 aliphatic rings. The lowest BCUT2D eigenvalue weighted by Gasteiger charge is -2.12. The highest BCUT2D eigenvalue weighted by molar-refractivity contribution is 6.30. The van der Waals surface area contributed by atoms with Crippen LogP contribution in [0.3, 0.4) is 0 Å². The molecule has 2 rings (SSSR count).